The van der Waals surface area contributed by atoms with Gasteiger partial charge in [-0.1, -0.05) is 38.1 Å². The van der Waals surface area contributed by atoms with Crippen LogP contribution >= 0.6 is 23.7 Å². The highest BCUT2D eigenvalue weighted by Gasteiger charge is 2.43. The van der Waals surface area contributed by atoms with Crippen LogP contribution in [0, 0.1) is 12.8 Å². The molecule has 47 heavy (non-hydrogen) atoms. The normalized spacial score (nSPS) is 21.9. The summed E-state index contributed by atoms with van der Waals surface area (Å²) in [4.78, 5) is 39.0. The summed E-state index contributed by atoms with van der Waals surface area (Å²) in [6, 6.07) is 10.2. The summed E-state index contributed by atoms with van der Waals surface area (Å²) < 4.78 is 7.62. The third-order valence-electron chi connectivity index (χ3n) is 8.90. The van der Waals surface area contributed by atoms with E-state index in [0.29, 0.717) is 5.88 Å². The van der Waals surface area contributed by atoms with Gasteiger partial charge in [-0.3, -0.25) is 14.3 Å². The van der Waals surface area contributed by atoms with Crippen LogP contribution in [-0.2, 0) is 9.59 Å². The molecular formula is C34H42ClN7O4S. The lowest BCUT2D eigenvalue weighted by Gasteiger charge is -2.32. The largest absolute Gasteiger partial charge is 0.474 e. The van der Waals surface area contributed by atoms with Gasteiger partial charge in [0, 0.05) is 43.0 Å². The van der Waals surface area contributed by atoms with Crippen LogP contribution in [0.25, 0.3) is 21.6 Å². The van der Waals surface area contributed by atoms with E-state index in [9.17, 15) is 14.7 Å². The molecule has 13 heteroatoms. The number of aliphatic hydroxyl groups is 1. The molecule has 1 unspecified atom stereocenters. The molecule has 4 heterocycles. The van der Waals surface area contributed by atoms with Crippen LogP contribution in [0.5, 0.6) is 5.88 Å². The van der Waals surface area contributed by atoms with E-state index in [1.807, 2.05) is 75.8 Å². The number of halogens is 1. The van der Waals surface area contributed by atoms with Crippen molar-refractivity contribution < 1.29 is 19.4 Å². The zero-order valence-corrected chi connectivity index (χ0v) is 28.6. The number of carbonyl (C=O) groups excluding carboxylic acids is 2. The SMILES string of the molecule is Cc1ncsc1-c1ccc([C@H](C)NC(=O)[C@@H]2C[C@@H](O)CN2C(=O)C(C(C)C)n2cc(-c3ccnc(OC4CC(N)C4)c3)cn2)cc1.Cl. The van der Waals surface area contributed by atoms with Gasteiger partial charge >= 0.3 is 0 Å². The summed E-state index contributed by atoms with van der Waals surface area (Å²) in [6.45, 7) is 7.89. The maximum Gasteiger partial charge on any atom is 0.248 e. The van der Waals surface area contributed by atoms with Gasteiger partial charge in [0.1, 0.15) is 18.2 Å². The second kappa shape index (κ2) is 14.5. The van der Waals surface area contributed by atoms with E-state index in [1.54, 1.807) is 28.4 Å². The maximum absolute atomic E-state index is 14.1. The number of amides is 2. The monoisotopic (exact) mass is 679 g/mol. The average molecular weight is 680 g/mol. The summed E-state index contributed by atoms with van der Waals surface area (Å²) in [5.41, 5.74) is 12.4. The van der Waals surface area contributed by atoms with Crippen molar-refractivity contribution in [2.45, 2.75) is 83.3 Å². The van der Waals surface area contributed by atoms with Crippen molar-refractivity contribution in [3.05, 3.63) is 71.8 Å². The fourth-order valence-electron chi connectivity index (χ4n) is 6.24. The Morgan fingerprint density at radius 1 is 1.06 bits per heavy atom. The molecular weight excluding hydrogens is 638 g/mol. The van der Waals surface area contributed by atoms with Crippen molar-refractivity contribution in [1.82, 2.24) is 30.0 Å². The minimum Gasteiger partial charge on any atom is -0.474 e. The van der Waals surface area contributed by atoms with Crippen molar-refractivity contribution in [3.8, 4) is 27.4 Å². The number of benzene rings is 1. The van der Waals surface area contributed by atoms with E-state index < -0.39 is 18.2 Å². The number of β-amino-alcohol motifs (C(OH)–C–C–N with tert-alkyl or cyclic N) is 1. The molecule has 2 aliphatic rings. The van der Waals surface area contributed by atoms with Crippen molar-refractivity contribution in [1.29, 1.82) is 0 Å². The van der Waals surface area contributed by atoms with Crippen LogP contribution in [0.1, 0.15) is 63.4 Å². The van der Waals surface area contributed by atoms with Crippen LogP contribution < -0.4 is 15.8 Å². The number of pyridine rings is 1. The molecule has 0 bridgehead atoms. The summed E-state index contributed by atoms with van der Waals surface area (Å²) in [6.07, 6.45) is 6.32. The van der Waals surface area contributed by atoms with Crippen LogP contribution in [0.3, 0.4) is 0 Å². The molecule has 6 rings (SSSR count). The number of likely N-dealkylation sites (tertiary alicyclic amines) is 1. The second-order valence-electron chi connectivity index (χ2n) is 12.8. The second-order valence-corrected chi connectivity index (χ2v) is 13.6. The third kappa shape index (κ3) is 7.51. The van der Waals surface area contributed by atoms with E-state index in [4.69, 9.17) is 10.5 Å². The lowest BCUT2D eigenvalue weighted by atomic mass is 9.90. The first-order valence-corrected chi connectivity index (χ1v) is 16.7. The molecule has 0 spiro atoms. The number of nitrogens with zero attached hydrogens (tertiary/aromatic N) is 5. The molecule has 250 valence electrons. The van der Waals surface area contributed by atoms with Crippen molar-refractivity contribution in [2.75, 3.05) is 6.54 Å². The minimum absolute atomic E-state index is 0. The molecule has 11 nitrogen and oxygen atoms in total. The topological polar surface area (TPSA) is 148 Å². The van der Waals surface area contributed by atoms with Crippen LogP contribution in [0.2, 0.25) is 0 Å². The van der Waals surface area contributed by atoms with Gasteiger partial charge in [-0.2, -0.15) is 5.10 Å². The quantitative estimate of drug-likeness (QED) is 0.218. The van der Waals surface area contributed by atoms with Gasteiger partial charge < -0.3 is 25.8 Å². The molecule has 1 aromatic carbocycles. The number of carbonyl (C=O) groups is 2. The molecule has 1 saturated heterocycles. The molecule has 1 saturated carbocycles. The summed E-state index contributed by atoms with van der Waals surface area (Å²) >= 11 is 1.60. The van der Waals surface area contributed by atoms with Gasteiger partial charge in [0.25, 0.3) is 0 Å². The molecule has 3 aromatic heterocycles. The first-order valence-electron chi connectivity index (χ1n) is 15.8. The van der Waals surface area contributed by atoms with Crippen molar-refractivity contribution in [3.63, 3.8) is 0 Å². The van der Waals surface area contributed by atoms with Crippen LogP contribution in [0.15, 0.2) is 60.5 Å². The number of nitrogens with two attached hydrogens (primary N) is 1. The molecule has 1 aliphatic heterocycles. The summed E-state index contributed by atoms with van der Waals surface area (Å²) in [5.74, 6) is -0.141. The van der Waals surface area contributed by atoms with Gasteiger partial charge in [0.2, 0.25) is 17.7 Å². The van der Waals surface area contributed by atoms with Crippen molar-refractivity contribution >= 4 is 35.6 Å². The standard InChI is InChI=1S/C34H41N7O4S.ClH/c1-19(2)31(41-16-25(15-38-41)24-9-10-36-30(11-24)45-28-12-26(35)13-28)34(44)40-17-27(42)14-29(40)33(43)39-20(3)22-5-7-23(8-6-22)32-21(4)37-18-46-32;/h5-11,15-16,18-20,26-29,31,42H,12-14,17,35H2,1-4H3,(H,39,43);1H/t20-,26?,27+,28?,29-,31?;/m0./s1. The van der Waals surface area contributed by atoms with E-state index in [0.717, 1.165) is 45.7 Å². The Morgan fingerprint density at radius 3 is 2.47 bits per heavy atom. The maximum atomic E-state index is 14.1. The van der Waals surface area contributed by atoms with Gasteiger partial charge in [0.05, 0.1) is 34.4 Å². The third-order valence-corrected chi connectivity index (χ3v) is 9.88. The lowest BCUT2D eigenvalue weighted by molar-refractivity contribution is -0.142. The predicted molar refractivity (Wildman–Crippen MR) is 183 cm³/mol. The van der Waals surface area contributed by atoms with E-state index >= 15 is 0 Å². The molecule has 4 N–H and O–H groups in total. The van der Waals surface area contributed by atoms with E-state index in [2.05, 4.69) is 20.4 Å². The summed E-state index contributed by atoms with van der Waals surface area (Å²) in [5, 5.41) is 18.2. The first kappa shape index (κ1) is 34.5. The summed E-state index contributed by atoms with van der Waals surface area (Å²) in [7, 11) is 0. The fourth-order valence-corrected chi connectivity index (χ4v) is 7.05. The number of nitrogens with one attached hydrogen (secondary N) is 1. The predicted octanol–water partition coefficient (Wildman–Crippen LogP) is 4.70. The Labute approximate surface area is 285 Å². The number of aryl methyl sites for hydroxylation is 1. The first-order chi connectivity index (χ1) is 22.1. The van der Waals surface area contributed by atoms with Crippen molar-refractivity contribution in [2.24, 2.45) is 11.7 Å². The minimum atomic E-state index is -0.793. The molecule has 2 fully saturated rings. The number of rotatable bonds is 10. The van der Waals surface area contributed by atoms with E-state index in [1.165, 1.54) is 4.90 Å². The number of hydrogen-bond acceptors (Lipinski definition) is 9. The molecule has 2 amide bonds. The van der Waals surface area contributed by atoms with Crippen LogP contribution in [0.4, 0.5) is 0 Å². The Hall–Kier alpha value is -3.84. The Kier molecular flexibility index (Phi) is 10.6. The van der Waals surface area contributed by atoms with Gasteiger partial charge in [0.15, 0.2) is 0 Å². The number of aromatic nitrogens is 4. The highest BCUT2D eigenvalue weighted by Crippen LogP contribution is 2.31. The Morgan fingerprint density at radius 2 is 1.81 bits per heavy atom. The molecule has 1 aliphatic carbocycles. The molecule has 0 radical (unpaired) electrons. The lowest BCUT2D eigenvalue weighted by Crippen LogP contribution is -2.49. The molecule has 4 atom stereocenters. The number of thiazole rings is 1. The highest BCUT2D eigenvalue weighted by atomic mass is 35.5. The highest BCUT2D eigenvalue weighted by molar-refractivity contribution is 7.13. The average Bonchev–Trinajstić information content (AvgIpc) is 3.76. The van der Waals surface area contributed by atoms with Gasteiger partial charge in [-0.15, -0.1) is 23.7 Å². The zero-order chi connectivity index (χ0) is 32.5. The van der Waals surface area contributed by atoms with Crippen LogP contribution in [-0.4, -0.2) is 72.4 Å². The van der Waals surface area contributed by atoms with Gasteiger partial charge in [-0.05, 0) is 55.4 Å². The molecule has 4 aromatic rings. The number of ether oxygens (including phenoxy) is 1. The zero-order valence-electron chi connectivity index (χ0n) is 26.9. The smallest absolute Gasteiger partial charge is 0.248 e. The Balaban J connectivity index is 0.00000433. The van der Waals surface area contributed by atoms with E-state index in [-0.39, 0.29) is 61.3 Å². The number of hydrogen-bond donors (Lipinski definition) is 3. The Bertz CT molecular complexity index is 1690. The number of aliphatic hydroxyl groups excluding tert-OH is 1. The fraction of sp³-hybridized carbons (Fsp3) is 0.441. The van der Waals surface area contributed by atoms with Gasteiger partial charge in [-0.25, -0.2) is 9.97 Å².